The Hall–Kier alpha value is -2.80. The maximum absolute atomic E-state index is 13.9. The van der Waals surface area contributed by atoms with Crippen molar-refractivity contribution < 1.29 is 18.0 Å². The lowest BCUT2D eigenvalue weighted by molar-refractivity contribution is -0.173. The molecule has 1 saturated carbocycles. The fraction of sp³-hybridized carbons (Fsp3) is 0.407. The summed E-state index contributed by atoms with van der Waals surface area (Å²) in [5.41, 5.74) is 2.98. The van der Waals surface area contributed by atoms with Crippen molar-refractivity contribution in [3.63, 3.8) is 0 Å². The third kappa shape index (κ3) is 5.10. The largest absolute Gasteiger partial charge is 0.410 e. The topological polar surface area (TPSA) is 46.9 Å². The summed E-state index contributed by atoms with van der Waals surface area (Å²) in [4.78, 5) is 13.2. The van der Waals surface area contributed by atoms with Crippen LogP contribution in [0.4, 0.5) is 19.0 Å². The van der Waals surface area contributed by atoms with Gasteiger partial charge in [-0.3, -0.25) is 4.79 Å². The molecule has 2 heterocycles. The Morgan fingerprint density at radius 2 is 1.66 bits per heavy atom. The number of rotatable bonds is 5. The highest BCUT2D eigenvalue weighted by Gasteiger charge is 2.47. The van der Waals surface area contributed by atoms with E-state index in [1.165, 1.54) is 43.9 Å². The Balaban J connectivity index is 1.38. The number of nitrogens with zero attached hydrogens (tertiary/aromatic N) is 2. The molecule has 0 bridgehead atoms. The van der Waals surface area contributed by atoms with Crippen LogP contribution in [0.1, 0.15) is 83.6 Å². The summed E-state index contributed by atoms with van der Waals surface area (Å²) >= 11 is 5.95. The first-order chi connectivity index (χ1) is 16.8. The van der Waals surface area contributed by atoms with E-state index in [4.69, 9.17) is 11.6 Å². The highest BCUT2D eigenvalue weighted by atomic mass is 35.5. The van der Waals surface area contributed by atoms with Crippen LogP contribution in [0.3, 0.4) is 0 Å². The van der Waals surface area contributed by atoms with Crippen LogP contribution in [0.5, 0.6) is 0 Å². The molecule has 2 atom stereocenters. The lowest BCUT2D eigenvalue weighted by Gasteiger charge is -2.34. The van der Waals surface area contributed by atoms with Crippen LogP contribution in [0.15, 0.2) is 54.7 Å². The molecular formula is C27H27ClF3N3O. The number of carbonyl (C=O) groups is 1. The molecule has 0 spiro atoms. The molecule has 2 unspecified atom stereocenters. The summed E-state index contributed by atoms with van der Waals surface area (Å²) in [5, 5.41) is 7.62. The van der Waals surface area contributed by atoms with Crippen LogP contribution < -0.4 is 5.32 Å². The van der Waals surface area contributed by atoms with E-state index in [1.54, 1.807) is 24.3 Å². The van der Waals surface area contributed by atoms with E-state index in [-0.39, 0.29) is 30.0 Å². The number of alkyl halides is 3. The first-order valence-electron chi connectivity index (χ1n) is 12.1. The molecule has 1 N–H and O–H groups in total. The van der Waals surface area contributed by atoms with E-state index in [9.17, 15) is 18.0 Å². The average molecular weight is 502 g/mol. The molecule has 1 aromatic heterocycles. The minimum atomic E-state index is -4.50. The third-order valence-electron chi connectivity index (χ3n) is 7.23. The van der Waals surface area contributed by atoms with Crippen molar-refractivity contribution in [3.05, 3.63) is 82.0 Å². The molecule has 1 aliphatic carbocycles. The molecule has 2 aromatic carbocycles. The normalized spacial score (nSPS) is 20.8. The van der Waals surface area contributed by atoms with Crippen LogP contribution in [0.2, 0.25) is 5.02 Å². The van der Waals surface area contributed by atoms with Crippen LogP contribution in [0, 0.1) is 0 Å². The third-order valence-corrected chi connectivity index (χ3v) is 7.48. The van der Waals surface area contributed by atoms with E-state index in [0.29, 0.717) is 16.5 Å². The Bertz CT molecular complexity index is 1180. The van der Waals surface area contributed by atoms with Crippen molar-refractivity contribution in [2.75, 3.05) is 5.32 Å². The summed E-state index contributed by atoms with van der Waals surface area (Å²) in [6.45, 7) is 0. The predicted molar refractivity (Wildman–Crippen MR) is 130 cm³/mol. The van der Waals surface area contributed by atoms with Gasteiger partial charge in [0.15, 0.2) is 11.8 Å². The van der Waals surface area contributed by atoms with E-state index in [0.717, 1.165) is 10.2 Å². The number of benzene rings is 2. The smallest absolute Gasteiger partial charge is 0.363 e. The number of fused-ring (bicyclic) bond motifs is 1. The fourth-order valence-corrected chi connectivity index (χ4v) is 5.43. The van der Waals surface area contributed by atoms with E-state index in [1.807, 2.05) is 12.1 Å². The van der Waals surface area contributed by atoms with Gasteiger partial charge in [-0.05, 0) is 47.6 Å². The highest BCUT2D eigenvalue weighted by molar-refractivity contribution is 6.30. The van der Waals surface area contributed by atoms with Gasteiger partial charge in [-0.25, -0.2) is 4.68 Å². The first-order valence-corrected chi connectivity index (χ1v) is 12.5. The monoisotopic (exact) mass is 501 g/mol. The van der Waals surface area contributed by atoms with Gasteiger partial charge < -0.3 is 5.32 Å². The number of anilines is 1. The quantitative estimate of drug-likeness (QED) is 0.365. The summed E-state index contributed by atoms with van der Waals surface area (Å²) < 4.78 is 42.7. The molecule has 0 amide bonds. The molecule has 1 fully saturated rings. The molecule has 184 valence electrons. The van der Waals surface area contributed by atoms with Crippen LogP contribution in [-0.4, -0.2) is 21.7 Å². The number of hydrogen-bond donors (Lipinski definition) is 1. The maximum atomic E-state index is 13.9. The molecule has 8 heteroatoms. The molecule has 3 aromatic rings. The number of ketones is 1. The minimum Gasteiger partial charge on any atom is -0.363 e. The zero-order chi connectivity index (χ0) is 24.6. The second-order valence-corrected chi connectivity index (χ2v) is 10.0. The zero-order valence-corrected chi connectivity index (χ0v) is 19.9. The van der Waals surface area contributed by atoms with Crippen molar-refractivity contribution in [3.8, 4) is 0 Å². The minimum absolute atomic E-state index is 0.105. The van der Waals surface area contributed by atoms with E-state index in [2.05, 4.69) is 22.5 Å². The second-order valence-electron chi connectivity index (χ2n) is 9.57. The van der Waals surface area contributed by atoms with Crippen LogP contribution >= 0.6 is 11.6 Å². The molecule has 35 heavy (non-hydrogen) atoms. The fourth-order valence-electron chi connectivity index (χ4n) is 5.30. The standard InChI is InChI=1S/C27H27ClF3N3O/c28-21-12-10-20(11-13-21)23-15-25(27(29,30)31)34-26(33-23)22(16-32-34)24(35)14-17-6-8-19(9-7-17)18-4-2-1-3-5-18/h6-13,16,18,23,25,33H,1-5,14-15H2. The molecule has 1 aliphatic heterocycles. The number of hydrogen-bond acceptors (Lipinski definition) is 3. The number of nitrogens with one attached hydrogen (secondary N) is 1. The number of carbonyl (C=O) groups excluding carboxylic acids is 1. The Kier molecular flexibility index (Phi) is 6.62. The summed E-state index contributed by atoms with van der Waals surface area (Å²) in [7, 11) is 0. The molecular weight excluding hydrogens is 475 g/mol. The van der Waals surface area contributed by atoms with Crippen LogP contribution in [-0.2, 0) is 6.42 Å². The average Bonchev–Trinajstić information content (AvgIpc) is 3.28. The van der Waals surface area contributed by atoms with E-state index < -0.39 is 18.3 Å². The molecule has 0 radical (unpaired) electrons. The van der Waals surface area contributed by atoms with Gasteiger partial charge >= 0.3 is 6.18 Å². The van der Waals surface area contributed by atoms with Crippen molar-refractivity contribution in [1.82, 2.24) is 9.78 Å². The lowest BCUT2D eigenvalue weighted by Crippen LogP contribution is -2.36. The van der Waals surface area contributed by atoms with Gasteiger partial charge in [-0.15, -0.1) is 0 Å². The summed E-state index contributed by atoms with van der Waals surface area (Å²) in [6, 6.07) is 12.3. The van der Waals surface area contributed by atoms with Gasteiger partial charge in [0, 0.05) is 17.9 Å². The Morgan fingerprint density at radius 3 is 2.31 bits per heavy atom. The molecule has 0 saturated heterocycles. The molecule has 2 aliphatic rings. The second kappa shape index (κ2) is 9.69. The number of halogens is 4. The van der Waals surface area contributed by atoms with Gasteiger partial charge in [-0.2, -0.15) is 18.3 Å². The summed E-state index contributed by atoms with van der Waals surface area (Å²) in [6.07, 6.45) is 2.82. The first kappa shape index (κ1) is 23.9. The Morgan fingerprint density at radius 1 is 1.00 bits per heavy atom. The van der Waals surface area contributed by atoms with Gasteiger partial charge in [0.1, 0.15) is 5.82 Å². The van der Waals surface area contributed by atoms with Gasteiger partial charge in [0.2, 0.25) is 0 Å². The molecule has 5 rings (SSSR count). The zero-order valence-electron chi connectivity index (χ0n) is 19.2. The van der Waals surface area contributed by atoms with Gasteiger partial charge in [0.05, 0.1) is 17.8 Å². The van der Waals surface area contributed by atoms with Crippen LogP contribution in [0.25, 0.3) is 0 Å². The Labute approximate surface area is 207 Å². The van der Waals surface area contributed by atoms with Crippen molar-refractivity contribution in [2.24, 2.45) is 0 Å². The van der Waals surface area contributed by atoms with Crippen molar-refractivity contribution in [1.29, 1.82) is 0 Å². The van der Waals surface area contributed by atoms with E-state index >= 15 is 0 Å². The van der Waals surface area contributed by atoms with Crippen molar-refractivity contribution in [2.45, 2.75) is 69.1 Å². The maximum Gasteiger partial charge on any atom is 0.410 e. The van der Waals surface area contributed by atoms with Crippen molar-refractivity contribution >= 4 is 23.2 Å². The molecule has 4 nitrogen and oxygen atoms in total. The number of aromatic nitrogens is 2. The van der Waals surface area contributed by atoms with Gasteiger partial charge in [-0.1, -0.05) is 67.3 Å². The predicted octanol–water partition coefficient (Wildman–Crippen LogP) is 7.67. The van der Waals surface area contributed by atoms with Gasteiger partial charge in [0.25, 0.3) is 0 Å². The highest BCUT2D eigenvalue weighted by Crippen LogP contribution is 2.44. The SMILES string of the molecule is O=C(Cc1ccc(C2CCCCC2)cc1)c1cnn2c1NC(c1ccc(Cl)cc1)CC2C(F)(F)F. The summed E-state index contributed by atoms with van der Waals surface area (Å²) in [5.74, 6) is 0.425. The number of Topliss-reactive ketones (excluding diaryl/α,β-unsaturated/α-hetero) is 1. The lowest BCUT2D eigenvalue weighted by atomic mass is 9.84.